The third-order valence-electron chi connectivity index (χ3n) is 10.2. The number of nitrogen functional groups attached to an aromatic ring is 1. The van der Waals surface area contributed by atoms with Crippen LogP contribution in [0, 0.1) is 42.1 Å². The molecule has 1 aliphatic heterocycles. The van der Waals surface area contributed by atoms with Gasteiger partial charge in [-0.2, -0.15) is 14.4 Å². The van der Waals surface area contributed by atoms with E-state index in [1.54, 1.807) is 0 Å². The maximum atomic E-state index is 14.1. The lowest BCUT2D eigenvalue weighted by Gasteiger charge is -2.32. The smallest absolute Gasteiger partial charge is 0.312 e. The van der Waals surface area contributed by atoms with Crippen LogP contribution in [0.4, 0.5) is 10.2 Å². The van der Waals surface area contributed by atoms with Gasteiger partial charge in [-0.15, -0.1) is 6.42 Å². The lowest BCUT2D eigenvalue weighted by atomic mass is 9.80. The van der Waals surface area contributed by atoms with Crippen LogP contribution < -0.4 is 5.73 Å². The molecule has 2 saturated carbocycles. The highest BCUT2D eigenvalue weighted by atomic mass is 19.1. The maximum Gasteiger partial charge on any atom is 0.312 e. The molecule has 0 radical (unpaired) electrons. The van der Waals surface area contributed by atoms with Crippen LogP contribution in [0.5, 0.6) is 0 Å². The summed E-state index contributed by atoms with van der Waals surface area (Å²) in [5, 5.41) is 0. The normalized spacial score (nSPS) is 30.2. The number of unbranched alkanes of at least 4 members (excludes halogenated alkanes) is 2. The molecule has 0 aromatic carbocycles. The minimum absolute atomic E-state index is 0.103. The zero-order valence-electron chi connectivity index (χ0n) is 26.7. The molecule has 3 fully saturated rings. The number of aromatic nitrogens is 4. The molecule has 2 aromatic rings. The van der Waals surface area contributed by atoms with E-state index in [0.29, 0.717) is 11.8 Å². The third-order valence-corrected chi connectivity index (χ3v) is 10.2. The van der Waals surface area contributed by atoms with E-state index >= 15 is 0 Å². The standard InChI is InChI=1S/C34H48FN5O5/c1-4-7-9-22-11-15-24(16-12-22)31(41)43-20-34(6-3)26(44-32(42)25-17-13-23(14-18-25)10-8-5-2)19-27(45-34)40-21-37-28-29(36)38-33(35)39-30(28)40/h3,21-27H,4-5,7-20H2,1-2H3,(H2,36,38,39)/t22?,23?,24?,25?,26-,27+,34+/m0/s1. The van der Waals surface area contributed by atoms with E-state index < -0.39 is 24.0 Å². The number of fused-ring (bicyclic) bond motifs is 1. The van der Waals surface area contributed by atoms with Crippen molar-refractivity contribution < 1.29 is 28.2 Å². The number of halogens is 1. The molecule has 2 N–H and O–H groups in total. The van der Waals surface area contributed by atoms with E-state index in [1.165, 1.54) is 49.4 Å². The van der Waals surface area contributed by atoms with Gasteiger partial charge in [-0.25, -0.2) is 4.98 Å². The van der Waals surface area contributed by atoms with Gasteiger partial charge in [-0.1, -0.05) is 58.3 Å². The SMILES string of the molecule is C#C[C@]1(COC(=O)C2CCC(CCCC)CC2)O[C@@H](n2cnc3c(N)nc(F)nc32)C[C@@H]1OC(=O)C1CCC(CCCC)CC1. The highest BCUT2D eigenvalue weighted by Gasteiger charge is 2.53. The lowest BCUT2D eigenvalue weighted by Crippen LogP contribution is -2.46. The van der Waals surface area contributed by atoms with Crippen LogP contribution in [-0.4, -0.2) is 49.8 Å². The number of nitrogens with zero attached hydrogens (tertiary/aromatic N) is 4. The number of rotatable bonds is 12. The largest absolute Gasteiger partial charge is 0.461 e. The van der Waals surface area contributed by atoms with Crippen molar-refractivity contribution in [1.29, 1.82) is 0 Å². The molecule has 1 saturated heterocycles. The number of hydrogen-bond acceptors (Lipinski definition) is 9. The first-order valence-corrected chi connectivity index (χ1v) is 16.9. The van der Waals surface area contributed by atoms with Gasteiger partial charge >= 0.3 is 18.0 Å². The molecule has 11 heteroatoms. The summed E-state index contributed by atoms with van der Waals surface area (Å²) < 4.78 is 34.0. The van der Waals surface area contributed by atoms with Crippen molar-refractivity contribution in [2.45, 2.75) is 128 Å². The number of imidazole rings is 1. The summed E-state index contributed by atoms with van der Waals surface area (Å²) in [5.41, 5.74) is 4.68. The highest BCUT2D eigenvalue weighted by Crippen LogP contribution is 2.42. The Morgan fingerprint density at radius 2 is 1.62 bits per heavy atom. The van der Waals surface area contributed by atoms with Gasteiger partial charge in [0.15, 0.2) is 17.0 Å². The van der Waals surface area contributed by atoms with Crippen molar-refractivity contribution >= 4 is 28.9 Å². The maximum absolute atomic E-state index is 14.1. The van der Waals surface area contributed by atoms with E-state index in [0.717, 1.165) is 51.4 Å². The average Bonchev–Trinajstić information content (AvgIpc) is 3.64. The number of anilines is 1. The summed E-state index contributed by atoms with van der Waals surface area (Å²) >= 11 is 0. The molecular formula is C34H48FN5O5. The molecule has 45 heavy (non-hydrogen) atoms. The zero-order chi connectivity index (χ0) is 32.0. The van der Waals surface area contributed by atoms with Crippen LogP contribution in [0.1, 0.15) is 116 Å². The van der Waals surface area contributed by atoms with Gasteiger partial charge in [0.2, 0.25) is 5.60 Å². The Morgan fingerprint density at radius 3 is 2.20 bits per heavy atom. The number of esters is 2. The molecule has 3 heterocycles. The van der Waals surface area contributed by atoms with Crippen LogP contribution in [0.25, 0.3) is 11.2 Å². The number of nitrogens with two attached hydrogens (primary N) is 1. The predicted molar refractivity (Wildman–Crippen MR) is 167 cm³/mol. The Morgan fingerprint density at radius 1 is 1.02 bits per heavy atom. The Kier molecular flexibility index (Phi) is 11.0. The fraction of sp³-hybridized carbons (Fsp3) is 0.735. The van der Waals surface area contributed by atoms with Crippen LogP contribution in [0.2, 0.25) is 0 Å². The molecule has 2 aliphatic carbocycles. The molecule has 0 spiro atoms. The Hall–Kier alpha value is -3.26. The second-order valence-corrected chi connectivity index (χ2v) is 13.3. The van der Waals surface area contributed by atoms with E-state index in [4.69, 9.17) is 26.4 Å². The molecule has 2 aromatic heterocycles. The fourth-order valence-electron chi connectivity index (χ4n) is 7.36. The number of carbonyl (C=O) groups excluding carboxylic acids is 2. The number of ether oxygens (including phenoxy) is 3. The van der Waals surface area contributed by atoms with Crippen LogP contribution in [0.3, 0.4) is 0 Å². The Labute approximate surface area is 265 Å². The van der Waals surface area contributed by atoms with Gasteiger partial charge in [0.1, 0.15) is 18.9 Å². The van der Waals surface area contributed by atoms with Crippen molar-refractivity contribution in [2.75, 3.05) is 12.3 Å². The topological polar surface area (TPSA) is 131 Å². The molecule has 246 valence electrons. The number of carbonyl (C=O) groups is 2. The quantitative estimate of drug-likeness (QED) is 0.164. The van der Waals surface area contributed by atoms with Crippen LogP contribution in [0.15, 0.2) is 6.33 Å². The predicted octanol–water partition coefficient (Wildman–Crippen LogP) is 6.29. The van der Waals surface area contributed by atoms with Crippen molar-refractivity contribution in [2.24, 2.45) is 23.7 Å². The molecular weight excluding hydrogens is 577 g/mol. The molecule has 3 aliphatic rings. The summed E-state index contributed by atoms with van der Waals surface area (Å²) in [6.45, 7) is 4.12. The number of terminal acetylenes is 1. The van der Waals surface area contributed by atoms with Gasteiger partial charge in [0.25, 0.3) is 0 Å². The first kappa shape index (κ1) is 33.1. The lowest BCUT2D eigenvalue weighted by molar-refractivity contribution is -0.172. The number of hydrogen-bond donors (Lipinski definition) is 1. The van der Waals surface area contributed by atoms with Gasteiger partial charge < -0.3 is 19.9 Å². The van der Waals surface area contributed by atoms with E-state index in [-0.39, 0.29) is 53.8 Å². The summed E-state index contributed by atoms with van der Waals surface area (Å²) in [7, 11) is 0. The second-order valence-electron chi connectivity index (χ2n) is 13.3. The minimum atomic E-state index is -1.54. The van der Waals surface area contributed by atoms with Crippen molar-refractivity contribution in [3.8, 4) is 12.3 Å². The fourth-order valence-corrected chi connectivity index (χ4v) is 7.36. The molecule has 10 nitrogen and oxygen atoms in total. The second kappa shape index (κ2) is 14.9. The summed E-state index contributed by atoms with van der Waals surface area (Å²) in [4.78, 5) is 38.4. The first-order valence-electron chi connectivity index (χ1n) is 16.9. The Balaban J connectivity index is 1.30. The molecule has 5 rings (SSSR count). The third kappa shape index (κ3) is 7.59. The van der Waals surface area contributed by atoms with Crippen LogP contribution >= 0.6 is 0 Å². The van der Waals surface area contributed by atoms with Gasteiger partial charge in [0.05, 0.1) is 18.2 Å². The first-order chi connectivity index (χ1) is 21.8. The van der Waals surface area contributed by atoms with Crippen molar-refractivity contribution in [3.63, 3.8) is 0 Å². The monoisotopic (exact) mass is 625 g/mol. The minimum Gasteiger partial charge on any atom is -0.461 e. The summed E-state index contributed by atoms with van der Waals surface area (Å²) in [5.74, 6) is 2.83. The molecule has 3 atom stereocenters. The van der Waals surface area contributed by atoms with Crippen molar-refractivity contribution in [1.82, 2.24) is 19.5 Å². The Bertz CT molecular complexity index is 1360. The van der Waals surface area contributed by atoms with Gasteiger partial charge in [-0.05, 0) is 63.2 Å². The van der Waals surface area contributed by atoms with E-state index in [9.17, 15) is 14.0 Å². The zero-order valence-corrected chi connectivity index (χ0v) is 26.7. The molecule has 0 amide bonds. The van der Waals surface area contributed by atoms with Gasteiger partial charge in [-0.3, -0.25) is 14.2 Å². The van der Waals surface area contributed by atoms with Gasteiger partial charge in [0, 0.05) is 6.42 Å². The molecule has 0 bridgehead atoms. The average molecular weight is 626 g/mol. The van der Waals surface area contributed by atoms with Crippen LogP contribution in [-0.2, 0) is 23.8 Å². The van der Waals surface area contributed by atoms with E-state index in [1.807, 2.05) is 0 Å². The van der Waals surface area contributed by atoms with Crippen molar-refractivity contribution in [3.05, 3.63) is 12.4 Å². The highest BCUT2D eigenvalue weighted by molar-refractivity contribution is 5.81. The summed E-state index contributed by atoms with van der Waals surface area (Å²) in [6.07, 6.45) is 19.2. The molecule has 0 unspecified atom stereocenters. The van der Waals surface area contributed by atoms with E-state index in [2.05, 4.69) is 34.7 Å². The summed E-state index contributed by atoms with van der Waals surface area (Å²) in [6, 6.07) is 0.